The number of nitrogens with zero attached hydrogens (tertiary/aromatic N) is 1. The Morgan fingerprint density at radius 1 is 1.00 bits per heavy atom. The highest BCUT2D eigenvalue weighted by Gasteiger charge is 2.16. The van der Waals surface area contributed by atoms with Gasteiger partial charge in [0.15, 0.2) is 11.5 Å². The molecule has 0 aliphatic rings. The maximum Gasteiger partial charge on any atom is 0.271 e. The lowest BCUT2D eigenvalue weighted by molar-refractivity contribution is 0.0954. The molecule has 2 aromatic carbocycles. The molecule has 0 bridgehead atoms. The number of hydrogen-bond acceptors (Lipinski definition) is 6. The van der Waals surface area contributed by atoms with Crippen LogP contribution >= 0.6 is 11.6 Å². The van der Waals surface area contributed by atoms with E-state index in [1.165, 1.54) is 39.7 Å². The summed E-state index contributed by atoms with van der Waals surface area (Å²) >= 11 is 5.89. The number of hydrogen-bond donors (Lipinski definition) is 1. The van der Waals surface area contributed by atoms with E-state index in [0.717, 1.165) is 5.56 Å². The highest BCUT2D eigenvalue weighted by Crippen LogP contribution is 2.38. The monoisotopic (exact) mass is 414 g/mol. The summed E-state index contributed by atoms with van der Waals surface area (Å²) in [4.78, 5) is 12.4. The molecule has 0 unspecified atom stereocenters. The van der Waals surface area contributed by atoms with E-state index >= 15 is 0 Å². The molecular formula is C21H19ClN2O5. The first-order valence-electron chi connectivity index (χ1n) is 8.55. The van der Waals surface area contributed by atoms with Gasteiger partial charge in [0, 0.05) is 16.1 Å². The second-order valence-electron chi connectivity index (χ2n) is 5.82. The molecule has 150 valence electrons. The quantitative estimate of drug-likeness (QED) is 0.458. The molecule has 0 fully saturated rings. The number of methoxy groups -OCH3 is 3. The minimum Gasteiger partial charge on any atom is -0.493 e. The fraction of sp³-hybridized carbons (Fsp3) is 0.143. The Morgan fingerprint density at radius 2 is 1.66 bits per heavy atom. The first kappa shape index (κ1) is 20.3. The number of hydrazone groups is 1. The van der Waals surface area contributed by atoms with Gasteiger partial charge in [-0.3, -0.25) is 4.79 Å². The predicted molar refractivity (Wildman–Crippen MR) is 110 cm³/mol. The zero-order valence-corrected chi connectivity index (χ0v) is 16.8. The maximum atomic E-state index is 12.4. The Kier molecular flexibility index (Phi) is 6.41. The van der Waals surface area contributed by atoms with Crippen molar-refractivity contribution >= 4 is 23.7 Å². The minimum absolute atomic E-state index is 0.304. The van der Waals surface area contributed by atoms with E-state index in [2.05, 4.69) is 10.5 Å². The van der Waals surface area contributed by atoms with Crippen molar-refractivity contribution in [3.05, 3.63) is 64.9 Å². The highest BCUT2D eigenvalue weighted by molar-refractivity contribution is 6.30. The van der Waals surface area contributed by atoms with Crippen molar-refractivity contribution in [1.82, 2.24) is 5.43 Å². The van der Waals surface area contributed by atoms with Crippen LogP contribution in [0.3, 0.4) is 0 Å². The van der Waals surface area contributed by atoms with Gasteiger partial charge in [-0.15, -0.1) is 0 Å². The molecule has 0 aliphatic heterocycles. The molecule has 7 nitrogen and oxygen atoms in total. The molecule has 8 heteroatoms. The van der Waals surface area contributed by atoms with Crippen molar-refractivity contribution in [2.24, 2.45) is 5.10 Å². The molecule has 1 heterocycles. The zero-order chi connectivity index (χ0) is 20.8. The van der Waals surface area contributed by atoms with Gasteiger partial charge in [-0.25, -0.2) is 5.43 Å². The van der Waals surface area contributed by atoms with Crippen LogP contribution in [0.25, 0.3) is 11.3 Å². The number of carbonyl (C=O) groups excluding carboxylic acids is 1. The molecule has 1 amide bonds. The van der Waals surface area contributed by atoms with Crippen molar-refractivity contribution < 1.29 is 23.4 Å². The van der Waals surface area contributed by atoms with Gasteiger partial charge in [-0.05, 0) is 48.5 Å². The summed E-state index contributed by atoms with van der Waals surface area (Å²) in [6.07, 6.45) is 1.41. The number of benzene rings is 2. The second kappa shape index (κ2) is 9.16. The fourth-order valence-corrected chi connectivity index (χ4v) is 2.75. The Balaban J connectivity index is 1.71. The molecular weight excluding hydrogens is 396 g/mol. The normalized spacial score (nSPS) is 10.8. The van der Waals surface area contributed by atoms with Crippen molar-refractivity contribution in [1.29, 1.82) is 0 Å². The highest BCUT2D eigenvalue weighted by atomic mass is 35.5. The average molecular weight is 415 g/mol. The predicted octanol–water partition coefficient (Wildman–Crippen LogP) is 4.39. The minimum atomic E-state index is -0.440. The van der Waals surface area contributed by atoms with Gasteiger partial charge >= 0.3 is 0 Å². The maximum absolute atomic E-state index is 12.4. The summed E-state index contributed by atoms with van der Waals surface area (Å²) < 4.78 is 21.4. The van der Waals surface area contributed by atoms with Gasteiger partial charge in [-0.1, -0.05) is 11.6 Å². The molecule has 0 saturated heterocycles. The number of carbonyl (C=O) groups is 1. The smallest absolute Gasteiger partial charge is 0.271 e. The van der Waals surface area contributed by atoms with Crippen molar-refractivity contribution in [3.8, 4) is 28.6 Å². The number of furan rings is 1. The second-order valence-corrected chi connectivity index (χ2v) is 6.26. The Hall–Kier alpha value is -3.45. The van der Waals surface area contributed by atoms with Crippen LogP contribution in [0.1, 0.15) is 16.1 Å². The van der Waals surface area contributed by atoms with Crippen LogP contribution in [-0.2, 0) is 0 Å². The van der Waals surface area contributed by atoms with Crippen LogP contribution in [0.4, 0.5) is 0 Å². The molecule has 29 heavy (non-hydrogen) atoms. The standard InChI is InChI=1S/C21H19ClN2O5/c1-26-18-10-14(11-19(27-2)20(18)28-3)21(25)24-23-12-16-8-9-17(29-16)13-4-6-15(22)7-5-13/h4-12H,1-3H3,(H,24,25)/b23-12+. The molecule has 0 radical (unpaired) electrons. The van der Waals surface area contributed by atoms with Gasteiger partial charge < -0.3 is 18.6 Å². The molecule has 3 aromatic rings. The van der Waals surface area contributed by atoms with E-state index in [9.17, 15) is 4.79 Å². The Labute approximate surface area is 172 Å². The van der Waals surface area contributed by atoms with Crippen LogP contribution in [0.5, 0.6) is 17.2 Å². The Morgan fingerprint density at radius 3 is 2.24 bits per heavy atom. The van der Waals surface area contributed by atoms with Gasteiger partial charge in [-0.2, -0.15) is 5.10 Å². The van der Waals surface area contributed by atoms with Crippen molar-refractivity contribution in [2.75, 3.05) is 21.3 Å². The summed E-state index contributed by atoms with van der Waals surface area (Å²) in [5, 5.41) is 4.59. The first-order chi connectivity index (χ1) is 14.0. The molecule has 1 N–H and O–H groups in total. The molecule has 0 aliphatic carbocycles. The topological polar surface area (TPSA) is 82.3 Å². The van der Waals surface area contributed by atoms with Gasteiger partial charge in [0.2, 0.25) is 5.75 Å². The SMILES string of the molecule is COc1cc(C(=O)N/N=C/c2ccc(-c3ccc(Cl)cc3)o2)cc(OC)c1OC. The lowest BCUT2D eigenvalue weighted by Gasteiger charge is -2.13. The average Bonchev–Trinajstić information content (AvgIpc) is 3.21. The van der Waals surface area contributed by atoms with Crippen LogP contribution in [-0.4, -0.2) is 33.5 Å². The largest absolute Gasteiger partial charge is 0.493 e. The van der Waals surface area contributed by atoms with Crippen LogP contribution in [0.2, 0.25) is 5.02 Å². The van der Waals surface area contributed by atoms with E-state index in [4.69, 9.17) is 30.2 Å². The molecule has 0 saturated carbocycles. The van der Waals surface area contributed by atoms with Gasteiger partial charge in [0.05, 0.1) is 27.5 Å². The summed E-state index contributed by atoms with van der Waals surface area (Å²) in [7, 11) is 4.45. The van der Waals surface area contributed by atoms with E-state index in [1.54, 1.807) is 18.2 Å². The molecule has 1 aromatic heterocycles. The van der Waals surface area contributed by atoms with Crippen LogP contribution < -0.4 is 19.6 Å². The van der Waals surface area contributed by atoms with Gasteiger partial charge in [0.1, 0.15) is 11.5 Å². The number of nitrogens with one attached hydrogen (secondary N) is 1. The van der Waals surface area contributed by atoms with E-state index in [0.29, 0.717) is 39.4 Å². The Bertz CT molecular complexity index is 1000. The lowest BCUT2D eigenvalue weighted by atomic mass is 10.1. The molecule has 0 spiro atoms. The molecule has 0 atom stereocenters. The summed E-state index contributed by atoms with van der Waals surface area (Å²) in [5.41, 5.74) is 3.63. The number of amides is 1. The third kappa shape index (κ3) is 4.70. The fourth-order valence-electron chi connectivity index (χ4n) is 2.62. The summed E-state index contributed by atoms with van der Waals surface area (Å²) in [6.45, 7) is 0. The molecule has 3 rings (SSSR count). The van der Waals surface area contributed by atoms with Crippen LogP contribution in [0.15, 0.2) is 58.0 Å². The zero-order valence-electron chi connectivity index (χ0n) is 16.1. The van der Waals surface area contributed by atoms with E-state index < -0.39 is 5.91 Å². The van der Waals surface area contributed by atoms with Crippen LogP contribution in [0, 0.1) is 0 Å². The van der Waals surface area contributed by atoms with E-state index in [-0.39, 0.29) is 0 Å². The third-order valence-corrected chi connectivity index (χ3v) is 4.29. The number of rotatable bonds is 7. The summed E-state index contributed by atoms with van der Waals surface area (Å²) in [6, 6.07) is 13.9. The van der Waals surface area contributed by atoms with Gasteiger partial charge in [0.25, 0.3) is 5.91 Å². The number of halogens is 1. The van der Waals surface area contributed by atoms with E-state index in [1.807, 2.05) is 18.2 Å². The number of ether oxygens (including phenoxy) is 3. The first-order valence-corrected chi connectivity index (χ1v) is 8.92. The summed E-state index contributed by atoms with van der Waals surface area (Å²) in [5.74, 6) is 1.86. The van der Waals surface area contributed by atoms with Crippen molar-refractivity contribution in [2.45, 2.75) is 0 Å². The lowest BCUT2D eigenvalue weighted by Crippen LogP contribution is -2.18. The van der Waals surface area contributed by atoms with Crippen molar-refractivity contribution in [3.63, 3.8) is 0 Å². The third-order valence-electron chi connectivity index (χ3n) is 4.04.